The van der Waals surface area contributed by atoms with Gasteiger partial charge in [-0.2, -0.15) is 0 Å². The maximum Gasteiger partial charge on any atom is 0.213 e. The number of pyridine rings is 1. The summed E-state index contributed by atoms with van der Waals surface area (Å²) in [6, 6.07) is 18.7. The Balaban J connectivity index is 1.59. The predicted octanol–water partition coefficient (Wildman–Crippen LogP) is 4.56. The molecule has 3 aromatic rings. The lowest BCUT2D eigenvalue weighted by atomic mass is 10.1. The molecule has 0 radical (unpaired) electrons. The van der Waals surface area contributed by atoms with Crippen LogP contribution in [0.15, 0.2) is 54.6 Å². The molecule has 0 atom stereocenters. The summed E-state index contributed by atoms with van der Waals surface area (Å²) in [4.78, 5) is 11.8. The maximum atomic E-state index is 5.51. The van der Waals surface area contributed by atoms with E-state index in [0.29, 0.717) is 5.88 Å². The average Bonchev–Trinajstić information content (AvgIpc) is 3.14. The van der Waals surface area contributed by atoms with Crippen molar-refractivity contribution in [2.45, 2.75) is 6.42 Å². The number of anilines is 3. The van der Waals surface area contributed by atoms with Crippen molar-refractivity contribution in [1.82, 2.24) is 4.98 Å². The standard InChI is InChI=1S/C27H34N4O3/c1-29(2)21-9-7-20(8-10-21)27-23(12-14-26(28-27)34-5)31-16-6-15-30(17-18-31)22-11-13-24(32-3)25(19-22)33-4/h7-14,19H,6,15-18H2,1-5H3. The molecule has 1 aromatic heterocycles. The van der Waals surface area contributed by atoms with E-state index in [-0.39, 0.29) is 0 Å². The molecule has 1 aliphatic rings. The van der Waals surface area contributed by atoms with Crippen LogP contribution in [0, 0.1) is 0 Å². The normalized spacial score (nSPS) is 13.9. The molecule has 0 saturated carbocycles. The van der Waals surface area contributed by atoms with Gasteiger partial charge in [0.05, 0.1) is 32.7 Å². The lowest BCUT2D eigenvalue weighted by Crippen LogP contribution is -2.31. The molecule has 34 heavy (non-hydrogen) atoms. The Bertz CT molecular complexity index is 1100. The molecule has 1 aliphatic heterocycles. The first-order valence-electron chi connectivity index (χ1n) is 11.6. The van der Waals surface area contributed by atoms with Crippen LogP contribution in [0.25, 0.3) is 11.3 Å². The van der Waals surface area contributed by atoms with Gasteiger partial charge in [0.1, 0.15) is 0 Å². The highest BCUT2D eigenvalue weighted by molar-refractivity contribution is 5.77. The fourth-order valence-corrected chi connectivity index (χ4v) is 4.37. The summed E-state index contributed by atoms with van der Waals surface area (Å²) in [7, 11) is 9.09. The lowest BCUT2D eigenvalue weighted by Gasteiger charge is -2.27. The third kappa shape index (κ3) is 4.98. The van der Waals surface area contributed by atoms with E-state index in [4.69, 9.17) is 19.2 Å². The van der Waals surface area contributed by atoms with Gasteiger partial charge in [-0.05, 0) is 36.8 Å². The molecule has 0 amide bonds. The highest BCUT2D eigenvalue weighted by Gasteiger charge is 2.21. The van der Waals surface area contributed by atoms with Crippen molar-refractivity contribution in [3.05, 3.63) is 54.6 Å². The molecule has 0 spiro atoms. The Morgan fingerprint density at radius 1 is 0.735 bits per heavy atom. The highest BCUT2D eigenvalue weighted by atomic mass is 16.5. The molecule has 2 heterocycles. The highest BCUT2D eigenvalue weighted by Crippen LogP contribution is 2.35. The number of rotatable bonds is 7. The van der Waals surface area contributed by atoms with Gasteiger partial charge < -0.3 is 28.9 Å². The van der Waals surface area contributed by atoms with Gasteiger partial charge in [-0.1, -0.05) is 12.1 Å². The minimum absolute atomic E-state index is 0.622. The van der Waals surface area contributed by atoms with Crippen molar-refractivity contribution >= 4 is 17.1 Å². The second-order valence-electron chi connectivity index (χ2n) is 8.53. The summed E-state index contributed by atoms with van der Waals surface area (Å²) in [6.07, 6.45) is 1.04. The molecular weight excluding hydrogens is 428 g/mol. The number of hydrogen-bond donors (Lipinski definition) is 0. The van der Waals surface area contributed by atoms with Gasteiger partial charge in [0, 0.05) is 69.3 Å². The molecule has 7 nitrogen and oxygen atoms in total. The third-order valence-corrected chi connectivity index (χ3v) is 6.28. The first-order valence-corrected chi connectivity index (χ1v) is 11.6. The van der Waals surface area contributed by atoms with E-state index < -0.39 is 0 Å². The van der Waals surface area contributed by atoms with Gasteiger partial charge in [-0.25, -0.2) is 4.98 Å². The van der Waals surface area contributed by atoms with Crippen LogP contribution in [0.5, 0.6) is 17.4 Å². The second-order valence-corrected chi connectivity index (χ2v) is 8.53. The number of methoxy groups -OCH3 is 3. The van der Waals surface area contributed by atoms with Crippen molar-refractivity contribution in [1.29, 1.82) is 0 Å². The first kappa shape index (κ1) is 23.5. The number of benzene rings is 2. The maximum absolute atomic E-state index is 5.51. The van der Waals surface area contributed by atoms with Gasteiger partial charge in [0.2, 0.25) is 5.88 Å². The molecule has 2 aromatic carbocycles. The topological polar surface area (TPSA) is 50.3 Å². The zero-order valence-electron chi connectivity index (χ0n) is 20.7. The van der Waals surface area contributed by atoms with Crippen LogP contribution in [0.1, 0.15) is 6.42 Å². The molecule has 180 valence electrons. The van der Waals surface area contributed by atoms with Gasteiger partial charge in [0.15, 0.2) is 11.5 Å². The minimum Gasteiger partial charge on any atom is -0.493 e. The number of nitrogens with zero attached hydrogens (tertiary/aromatic N) is 4. The van der Waals surface area contributed by atoms with Crippen LogP contribution in [0.3, 0.4) is 0 Å². The molecule has 7 heteroatoms. The van der Waals surface area contributed by atoms with E-state index >= 15 is 0 Å². The molecular formula is C27H34N4O3. The van der Waals surface area contributed by atoms with Gasteiger partial charge in [-0.3, -0.25) is 0 Å². The minimum atomic E-state index is 0.622. The summed E-state index contributed by atoms with van der Waals surface area (Å²) >= 11 is 0. The Kier molecular flexibility index (Phi) is 7.30. The Morgan fingerprint density at radius 3 is 2.12 bits per heavy atom. The van der Waals surface area contributed by atoms with Crippen molar-refractivity contribution in [3.8, 4) is 28.6 Å². The van der Waals surface area contributed by atoms with Crippen molar-refractivity contribution in [2.24, 2.45) is 0 Å². The number of hydrogen-bond acceptors (Lipinski definition) is 7. The smallest absolute Gasteiger partial charge is 0.213 e. The Hall–Kier alpha value is -3.61. The molecule has 1 saturated heterocycles. The van der Waals surface area contributed by atoms with Crippen LogP contribution in [-0.2, 0) is 0 Å². The fraction of sp³-hybridized carbons (Fsp3) is 0.370. The van der Waals surface area contributed by atoms with Crippen LogP contribution >= 0.6 is 0 Å². The first-order chi connectivity index (χ1) is 16.5. The zero-order chi connectivity index (χ0) is 24.1. The fourth-order valence-electron chi connectivity index (χ4n) is 4.37. The van der Waals surface area contributed by atoms with Crippen LogP contribution in [-0.4, -0.2) is 66.6 Å². The lowest BCUT2D eigenvalue weighted by molar-refractivity contribution is 0.355. The van der Waals surface area contributed by atoms with Crippen LogP contribution in [0.2, 0.25) is 0 Å². The van der Waals surface area contributed by atoms with Gasteiger partial charge in [-0.15, -0.1) is 0 Å². The van der Waals surface area contributed by atoms with E-state index in [1.165, 1.54) is 0 Å². The summed E-state index contributed by atoms with van der Waals surface area (Å²) in [6.45, 7) is 3.73. The Labute approximate surface area is 202 Å². The Morgan fingerprint density at radius 2 is 1.44 bits per heavy atom. The SMILES string of the molecule is COc1ccc(N2CCCN(c3ccc(OC)c(OC)c3)CC2)c(-c2ccc(N(C)C)cc2)n1. The summed E-state index contributed by atoms with van der Waals surface area (Å²) in [5.41, 5.74) is 5.47. The summed E-state index contributed by atoms with van der Waals surface area (Å²) in [5, 5.41) is 0. The van der Waals surface area contributed by atoms with Crippen LogP contribution < -0.4 is 28.9 Å². The molecule has 1 fully saturated rings. The number of ether oxygens (including phenoxy) is 3. The quantitative estimate of drug-likeness (QED) is 0.510. The molecule has 0 unspecified atom stereocenters. The predicted molar refractivity (Wildman–Crippen MR) is 139 cm³/mol. The molecule has 0 aliphatic carbocycles. The van der Waals surface area contributed by atoms with E-state index in [9.17, 15) is 0 Å². The zero-order valence-corrected chi connectivity index (χ0v) is 20.7. The average molecular weight is 463 g/mol. The molecule has 0 bridgehead atoms. The van der Waals surface area contributed by atoms with E-state index in [2.05, 4.69) is 57.2 Å². The number of aromatic nitrogens is 1. The van der Waals surface area contributed by atoms with E-state index in [1.54, 1.807) is 21.3 Å². The summed E-state index contributed by atoms with van der Waals surface area (Å²) in [5.74, 6) is 2.12. The van der Waals surface area contributed by atoms with Crippen molar-refractivity contribution < 1.29 is 14.2 Å². The van der Waals surface area contributed by atoms with Gasteiger partial charge in [0.25, 0.3) is 0 Å². The van der Waals surface area contributed by atoms with Crippen molar-refractivity contribution in [2.75, 3.05) is 76.3 Å². The largest absolute Gasteiger partial charge is 0.493 e. The third-order valence-electron chi connectivity index (χ3n) is 6.28. The second kappa shape index (κ2) is 10.5. The van der Waals surface area contributed by atoms with E-state index in [0.717, 1.165) is 72.4 Å². The van der Waals surface area contributed by atoms with E-state index in [1.807, 2.05) is 26.2 Å². The summed E-state index contributed by atoms with van der Waals surface area (Å²) < 4.78 is 16.4. The van der Waals surface area contributed by atoms with Crippen molar-refractivity contribution in [3.63, 3.8) is 0 Å². The van der Waals surface area contributed by atoms with Crippen LogP contribution in [0.4, 0.5) is 17.1 Å². The molecule has 4 rings (SSSR count). The molecule has 0 N–H and O–H groups in total. The monoisotopic (exact) mass is 462 g/mol. The van der Waals surface area contributed by atoms with Gasteiger partial charge >= 0.3 is 0 Å².